The minimum absolute atomic E-state index is 0.466. The molecule has 0 bridgehead atoms. The topological polar surface area (TPSA) is 54.9 Å². The fourth-order valence-corrected chi connectivity index (χ4v) is 1.12. The number of hydrogen-bond acceptors (Lipinski definition) is 3. The third-order valence-electron chi connectivity index (χ3n) is 1.70. The Balaban J connectivity index is 2.55. The van der Waals surface area contributed by atoms with Crippen LogP contribution >= 0.6 is 0 Å². The van der Waals surface area contributed by atoms with Crippen LogP contribution in [0.2, 0.25) is 0 Å². The van der Waals surface area contributed by atoms with E-state index in [1.807, 2.05) is 24.3 Å². The Bertz CT molecular complexity index is 442. The van der Waals surface area contributed by atoms with Crippen LogP contribution in [0.1, 0.15) is 0 Å². The number of benzene rings is 1. The molecule has 0 spiro atoms. The van der Waals surface area contributed by atoms with Crippen LogP contribution in [0.4, 0.5) is 5.82 Å². The minimum atomic E-state index is 0.466. The lowest BCUT2D eigenvalue weighted by molar-refractivity contribution is -0.105. The summed E-state index contributed by atoms with van der Waals surface area (Å²) in [6.07, 6.45) is 0.582. The van der Waals surface area contributed by atoms with Gasteiger partial charge in [-0.2, -0.15) is 0 Å². The first-order chi connectivity index (χ1) is 6.40. The van der Waals surface area contributed by atoms with E-state index in [9.17, 15) is 4.79 Å². The lowest BCUT2D eigenvalue weighted by atomic mass is 10.2. The Kier molecular flexibility index (Phi) is 1.88. The molecule has 0 aliphatic heterocycles. The molecule has 0 radical (unpaired) electrons. The van der Waals surface area contributed by atoms with Gasteiger partial charge in [0.1, 0.15) is 0 Å². The molecular weight excluding hydrogens is 166 g/mol. The third-order valence-corrected chi connectivity index (χ3v) is 1.70. The largest absolute Gasteiger partial charge is 0.312 e. The van der Waals surface area contributed by atoms with Crippen molar-refractivity contribution >= 4 is 23.1 Å². The lowest BCUT2D eigenvalue weighted by Gasteiger charge is -1.98. The van der Waals surface area contributed by atoms with Gasteiger partial charge in [-0.25, -0.2) is 0 Å². The molecule has 2 aromatic rings. The first-order valence-corrected chi connectivity index (χ1v) is 3.83. The zero-order chi connectivity index (χ0) is 9.10. The summed E-state index contributed by atoms with van der Waals surface area (Å²) in [5, 5.41) is 11.1. The van der Waals surface area contributed by atoms with E-state index < -0.39 is 0 Å². The van der Waals surface area contributed by atoms with Crippen LogP contribution in [0.3, 0.4) is 0 Å². The molecule has 4 heteroatoms. The zero-order valence-corrected chi connectivity index (χ0v) is 6.77. The quantitative estimate of drug-likeness (QED) is 0.694. The number of nitrogens with zero attached hydrogens (tertiary/aromatic N) is 2. The van der Waals surface area contributed by atoms with E-state index in [-0.39, 0.29) is 0 Å². The smallest absolute Gasteiger partial charge is 0.212 e. The summed E-state index contributed by atoms with van der Waals surface area (Å²) in [6.45, 7) is 0. The number of carbonyl (C=O) groups is 1. The normalized spacial score (nSPS) is 9.85. The maximum Gasteiger partial charge on any atom is 0.212 e. The number of anilines is 1. The van der Waals surface area contributed by atoms with Crippen LogP contribution < -0.4 is 5.32 Å². The summed E-state index contributed by atoms with van der Waals surface area (Å²) >= 11 is 0. The van der Waals surface area contributed by atoms with Crippen molar-refractivity contribution in [3.8, 4) is 0 Å². The van der Waals surface area contributed by atoms with Gasteiger partial charge in [0.15, 0.2) is 5.82 Å². The molecule has 64 valence electrons. The molecule has 0 aliphatic carbocycles. The monoisotopic (exact) mass is 173 g/mol. The maximum absolute atomic E-state index is 10.1. The summed E-state index contributed by atoms with van der Waals surface area (Å²) in [5.41, 5.74) is 0.818. The molecule has 1 heterocycles. The number of aromatic nitrogens is 2. The number of amides is 1. The van der Waals surface area contributed by atoms with E-state index in [1.54, 1.807) is 6.07 Å². The van der Waals surface area contributed by atoms with E-state index in [2.05, 4.69) is 15.5 Å². The van der Waals surface area contributed by atoms with E-state index in [0.29, 0.717) is 12.2 Å². The van der Waals surface area contributed by atoms with Crippen molar-refractivity contribution in [3.05, 3.63) is 30.3 Å². The summed E-state index contributed by atoms with van der Waals surface area (Å²) < 4.78 is 0. The molecule has 1 N–H and O–H groups in total. The fraction of sp³-hybridized carbons (Fsp3) is 0. The summed E-state index contributed by atoms with van der Waals surface area (Å²) in [5.74, 6) is 0.466. The van der Waals surface area contributed by atoms with Crippen LogP contribution in [-0.2, 0) is 4.79 Å². The number of nitrogens with one attached hydrogen (secondary N) is 1. The van der Waals surface area contributed by atoms with Gasteiger partial charge in [-0.1, -0.05) is 18.2 Å². The lowest BCUT2D eigenvalue weighted by Crippen LogP contribution is -1.98. The molecule has 1 aromatic carbocycles. The molecule has 0 unspecified atom stereocenters. The highest BCUT2D eigenvalue weighted by molar-refractivity contribution is 5.82. The van der Waals surface area contributed by atoms with Crippen molar-refractivity contribution in [1.82, 2.24) is 10.2 Å². The van der Waals surface area contributed by atoms with Crippen molar-refractivity contribution in [2.75, 3.05) is 5.32 Å². The highest BCUT2D eigenvalue weighted by atomic mass is 16.1. The molecular formula is C9H7N3O. The van der Waals surface area contributed by atoms with E-state index in [1.165, 1.54) is 0 Å². The van der Waals surface area contributed by atoms with Crippen LogP contribution in [-0.4, -0.2) is 16.6 Å². The average molecular weight is 173 g/mol. The van der Waals surface area contributed by atoms with Gasteiger partial charge in [-0.15, -0.1) is 10.2 Å². The molecule has 0 fully saturated rings. The third kappa shape index (κ3) is 1.46. The highest BCUT2D eigenvalue weighted by Crippen LogP contribution is 2.12. The molecule has 0 atom stereocenters. The zero-order valence-electron chi connectivity index (χ0n) is 6.77. The average Bonchev–Trinajstić information content (AvgIpc) is 2.18. The Morgan fingerprint density at radius 3 is 2.92 bits per heavy atom. The van der Waals surface area contributed by atoms with Gasteiger partial charge in [-0.3, -0.25) is 4.79 Å². The van der Waals surface area contributed by atoms with Crippen molar-refractivity contribution < 1.29 is 4.79 Å². The van der Waals surface area contributed by atoms with Gasteiger partial charge in [0.2, 0.25) is 6.41 Å². The van der Waals surface area contributed by atoms with E-state index in [0.717, 1.165) is 10.9 Å². The van der Waals surface area contributed by atoms with Crippen LogP contribution in [0, 0.1) is 0 Å². The second kappa shape index (κ2) is 3.18. The van der Waals surface area contributed by atoms with E-state index >= 15 is 0 Å². The SMILES string of the molecule is O=CNc1cc2ccccc2nn1. The Morgan fingerprint density at radius 2 is 2.08 bits per heavy atom. The number of fused-ring (bicyclic) bond motifs is 1. The summed E-state index contributed by atoms with van der Waals surface area (Å²) in [4.78, 5) is 10.1. The van der Waals surface area contributed by atoms with Gasteiger partial charge in [0, 0.05) is 5.39 Å². The van der Waals surface area contributed by atoms with E-state index in [4.69, 9.17) is 0 Å². The Hall–Kier alpha value is -1.97. The molecule has 4 nitrogen and oxygen atoms in total. The van der Waals surface area contributed by atoms with Gasteiger partial charge < -0.3 is 5.32 Å². The number of carbonyl (C=O) groups excluding carboxylic acids is 1. The first kappa shape index (κ1) is 7.67. The molecule has 1 amide bonds. The predicted molar refractivity (Wildman–Crippen MR) is 49.2 cm³/mol. The van der Waals surface area contributed by atoms with Crippen molar-refractivity contribution in [2.24, 2.45) is 0 Å². The molecule has 0 saturated heterocycles. The van der Waals surface area contributed by atoms with Gasteiger partial charge in [0.05, 0.1) is 5.52 Å². The number of rotatable bonds is 2. The Labute approximate surface area is 74.6 Å². The Morgan fingerprint density at radius 1 is 1.23 bits per heavy atom. The number of hydrogen-bond donors (Lipinski definition) is 1. The molecule has 0 saturated carbocycles. The highest BCUT2D eigenvalue weighted by Gasteiger charge is 1.96. The molecule has 0 aliphatic rings. The van der Waals surface area contributed by atoms with Gasteiger partial charge in [-0.05, 0) is 12.1 Å². The van der Waals surface area contributed by atoms with Crippen LogP contribution in [0.5, 0.6) is 0 Å². The van der Waals surface area contributed by atoms with Gasteiger partial charge >= 0.3 is 0 Å². The molecule has 2 rings (SSSR count). The second-order valence-corrected chi connectivity index (χ2v) is 2.55. The predicted octanol–water partition coefficient (Wildman–Crippen LogP) is 1.20. The van der Waals surface area contributed by atoms with Gasteiger partial charge in [0.25, 0.3) is 0 Å². The summed E-state index contributed by atoms with van der Waals surface area (Å²) in [6, 6.07) is 9.36. The van der Waals surface area contributed by atoms with Crippen LogP contribution in [0.25, 0.3) is 10.9 Å². The summed E-state index contributed by atoms with van der Waals surface area (Å²) in [7, 11) is 0. The second-order valence-electron chi connectivity index (χ2n) is 2.55. The minimum Gasteiger partial charge on any atom is -0.312 e. The molecule has 13 heavy (non-hydrogen) atoms. The van der Waals surface area contributed by atoms with Crippen molar-refractivity contribution in [2.45, 2.75) is 0 Å². The fourth-order valence-electron chi connectivity index (χ4n) is 1.12. The van der Waals surface area contributed by atoms with Crippen molar-refractivity contribution in [3.63, 3.8) is 0 Å². The first-order valence-electron chi connectivity index (χ1n) is 3.83. The molecule has 1 aromatic heterocycles. The standard InChI is InChI=1S/C9H7N3O/c13-6-10-9-5-7-3-1-2-4-8(7)11-12-9/h1-6H,(H,10,12,13). The van der Waals surface area contributed by atoms with Crippen LogP contribution in [0.15, 0.2) is 30.3 Å². The maximum atomic E-state index is 10.1. The van der Waals surface area contributed by atoms with Crippen molar-refractivity contribution in [1.29, 1.82) is 0 Å².